The monoisotopic (exact) mass is 222 g/mol. The van der Waals surface area contributed by atoms with Crippen LogP contribution in [0.5, 0.6) is 0 Å². The lowest BCUT2D eigenvalue weighted by Crippen LogP contribution is -2.19. The first-order chi connectivity index (χ1) is 7.25. The Morgan fingerprint density at radius 2 is 2.40 bits per heavy atom. The lowest BCUT2D eigenvalue weighted by Gasteiger charge is -2.12. The van der Waals surface area contributed by atoms with Gasteiger partial charge in [0.1, 0.15) is 0 Å². The minimum atomic E-state index is 0.406. The van der Waals surface area contributed by atoms with Crippen LogP contribution in [0.2, 0.25) is 0 Å². The summed E-state index contributed by atoms with van der Waals surface area (Å²) in [5.74, 6) is 2.66. The molecule has 3 heteroatoms. The molecule has 1 N–H and O–H groups in total. The molecule has 0 aliphatic carbocycles. The third-order valence-electron chi connectivity index (χ3n) is 2.37. The molecule has 15 heavy (non-hydrogen) atoms. The van der Waals surface area contributed by atoms with E-state index >= 15 is 0 Å². The predicted molar refractivity (Wildman–Crippen MR) is 66.0 cm³/mol. The van der Waals surface area contributed by atoms with Gasteiger partial charge in [0, 0.05) is 17.3 Å². The molecule has 1 aromatic heterocycles. The Hall–Kier alpha value is -0.850. The minimum absolute atomic E-state index is 0.406. The second-order valence-electron chi connectivity index (χ2n) is 3.64. The Kier molecular flexibility index (Phi) is 5.38. The van der Waals surface area contributed by atoms with Crippen LogP contribution in [0.4, 0.5) is 0 Å². The number of hydrogen-bond acceptors (Lipinski definition) is 3. The van der Waals surface area contributed by atoms with Gasteiger partial charge in [-0.05, 0) is 33.2 Å². The topological polar surface area (TPSA) is 24.9 Å². The highest BCUT2D eigenvalue weighted by molar-refractivity contribution is 7.09. The van der Waals surface area contributed by atoms with Gasteiger partial charge in [-0.15, -0.1) is 23.7 Å². The van der Waals surface area contributed by atoms with Gasteiger partial charge in [-0.3, -0.25) is 0 Å². The number of thiazole rings is 1. The van der Waals surface area contributed by atoms with Crippen LogP contribution >= 0.6 is 11.3 Å². The molecule has 0 amide bonds. The van der Waals surface area contributed by atoms with Gasteiger partial charge in [0.15, 0.2) is 0 Å². The van der Waals surface area contributed by atoms with Crippen LogP contribution in [-0.2, 0) is 0 Å². The Morgan fingerprint density at radius 3 is 3.00 bits per heavy atom. The number of rotatable bonds is 6. The molecule has 0 spiro atoms. The summed E-state index contributed by atoms with van der Waals surface area (Å²) in [4.78, 5) is 5.59. The fraction of sp³-hybridized carbons (Fsp3) is 0.583. The maximum atomic E-state index is 5.19. The van der Waals surface area contributed by atoms with E-state index in [1.165, 1.54) is 4.88 Å². The van der Waals surface area contributed by atoms with Crippen molar-refractivity contribution in [1.82, 2.24) is 10.3 Å². The van der Waals surface area contributed by atoms with Crippen molar-refractivity contribution in [1.29, 1.82) is 0 Å². The summed E-state index contributed by atoms with van der Waals surface area (Å²) in [5, 5.41) is 3.49. The third kappa shape index (κ3) is 4.03. The van der Waals surface area contributed by atoms with E-state index in [0.717, 1.165) is 31.5 Å². The molecular weight excluding hydrogens is 204 g/mol. The molecule has 0 fully saturated rings. The molecule has 1 rings (SSSR count). The Bertz CT molecular complexity index is 325. The zero-order chi connectivity index (χ0) is 11.1. The number of aromatic nitrogens is 1. The van der Waals surface area contributed by atoms with E-state index in [1.54, 1.807) is 11.3 Å². The molecule has 0 aliphatic rings. The second-order valence-corrected chi connectivity index (χ2v) is 4.53. The molecule has 1 aromatic rings. The van der Waals surface area contributed by atoms with Crippen LogP contribution in [0, 0.1) is 19.3 Å². The van der Waals surface area contributed by atoms with Gasteiger partial charge in [0.25, 0.3) is 0 Å². The summed E-state index contributed by atoms with van der Waals surface area (Å²) in [5.41, 5.74) is 3.05. The van der Waals surface area contributed by atoms with Gasteiger partial charge in [-0.2, -0.15) is 0 Å². The smallest absolute Gasteiger partial charge is 0.0798 e. The lowest BCUT2D eigenvalue weighted by molar-refractivity contribution is 0.553. The van der Waals surface area contributed by atoms with Crippen LogP contribution < -0.4 is 5.32 Å². The molecule has 0 saturated carbocycles. The molecule has 0 bridgehead atoms. The molecule has 0 saturated heterocycles. The molecule has 82 valence electrons. The van der Waals surface area contributed by atoms with Gasteiger partial charge in [-0.1, -0.05) is 0 Å². The highest BCUT2D eigenvalue weighted by atomic mass is 32.1. The molecule has 2 nitrogen and oxygen atoms in total. The minimum Gasteiger partial charge on any atom is -0.309 e. The average molecular weight is 222 g/mol. The van der Waals surface area contributed by atoms with Crippen molar-refractivity contribution in [2.45, 2.75) is 39.2 Å². The Balaban J connectivity index is 2.23. The maximum Gasteiger partial charge on any atom is 0.0798 e. The lowest BCUT2D eigenvalue weighted by atomic mass is 10.2. The van der Waals surface area contributed by atoms with Crippen molar-refractivity contribution in [2.24, 2.45) is 0 Å². The summed E-state index contributed by atoms with van der Waals surface area (Å²) >= 11 is 1.72. The number of hydrogen-bond donors (Lipinski definition) is 1. The molecule has 1 heterocycles. The predicted octanol–water partition coefficient (Wildman–Crippen LogP) is 2.91. The summed E-state index contributed by atoms with van der Waals surface area (Å²) in [6.07, 6.45) is 8.33. The summed E-state index contributed by atoms with van der Waals surface area (Å²) in [7, 11) is 0. The summed E-state index contributed by atoms with van der Waals surface area (Å²) in [6, 6.07) is 0.406. The maximum absolute atomic E-state index is 5.19. The normalized spacial score (nSPS) is 12.3. The first-order valence-electron chi connectivity index (χ1n) is 5.32. The van der Waals surface area contributed by atoms with Gasteiger partial charge < -0.3 is 5.32 Å². The SMILES string of the molecule is C#CCCCCNC(C)c1scnc1C. The fourth-order valence-electron chi connectivity index (χ4n) is 1.49. The van der Waals surface area contributed by atoms with E-state index in [4.69, 9.17) is 6.42 Å². The number of nitrogens with one attached hydrogen (secondary N) is 1. The number of terminal acetylenes is 1. The number of nitrogens with zero attached hydrogens (tertiary/aromatic N) is 1. The molecule has 0 radical (unpaired) electrons. The van der Waals surface area contributed by atoms with E-state index in [0.29, 0.717) is 6.04 Å². The van der Waals surface area contributed by atoms with Crippen molar-refractivity contribution in [3.63, 3.8) is 0 Å². The van der Waals surface area contributed by atoms with Gasteiger partial charge >= 0.3 is 0 Å². The largest absolute Gasteiger partial charge is 0.309 e. The fourth-order valence-corrected chi connectivity index (χ4v) is 2.32. The first-order valence-corrected chi connectivity index (χ1v) is 6.20. The Labute approximate surface area is 96.1 Å². The van der Waals surface area contributed by atoms with Gasteiger partial charge in [0.05, 0.1) is 11.2 Å². The van der Waals surface area contributed by atoms with Gasteiger partial charge in [0.2, 0.25) is 0 Å². The number of unbranched alkanes of at least 4 members (excludes halogenated alkanes) is 2. The van der Waals surface area contributed by atoms with Crippen molar-refractivity contribution in [2.75, 3.05) is 6.54 Å². The highest BCUT2D eigenvalue weighted by Gasteiger charge is 2.09. The van der Waals surface area contributed by atoms with E-state index in [9.17, 15) is 0 Å². The average Bonchev–Trinajstić information content (AvgIpc) is 2.64. The molecular formula is C12H18N2S. The zero-order valence-electron chi connectivity index (χ0n) is 9.42. The van der Waals surface area contributed by atoms with E-state index in [2.05, 4.69) is 30.1 Å². The van der Waals surface area contributed by atoms with Crippen LogP contribution in [0.25, 0.3) is 0 Å². The van der Waals surface area contributed by atoms with Crippen molar-refractivity contribution in [3.05, 3.63) is 16.1 Å². The summed E-state index contributed by atoms with van der Waals surface area (Å²) < 4.78 is 0. The zero-order valence-corrected chi connectivity index (χ0v) is 10.2. The van der Waals surface area contributed by atoms with Crippen molar-refractivity contribution < 1.29 is 0 Å². The summed E-state index contributed by atoms with van der Waals surface area (Å²) in [6.45, 7) is 5.27. The first kappa shape index (κ1) is 12.2. The van der Waals surface area contributed by atoms with Crippen LogP contribution in [0.15, 0.2) is 5.51 Å². The van der Waals surface area contributed by atoms with Gasteiger partial charge in [-0.25, -0.2) is 4.98 Å². The quantitative estimate of drug-likeness (QED) is 0.591. The number of aryl methyl sites for hydroxylation is 1. The van der Waals surface area contributed by atoms with Crippen LogP contribution in [0.3, 0.4) is 0 Å². The standard InChI is InChI=1S/C12H18N2S/c1-4-5-6-7-8-13-10(2)12-11(3)14-9-15-12/h1,9-10,13H,5-8H2,2-3H3. The highest BCUT2D eigenvalue weighted by Crippen LogP contribution is 2.20. The van der Waals surface area contributed by atoms with Crippen molar-refractivity contribution in [3.8, 4) is 12.3 Å². The third-order valence-corrected chi connectivity index (χ3v) is 3.49. The second kappa shape index (κ2) is 6.60. The van der Waals surface area contributed by atoms with E-state index in [-0.39, 0.29) is 0 Å². The molecule has 1 atom stereocenters. The molecule has 1 unspecified atom stereocenters. The van der Waals surface area contributed by atoms with E-state index in [1.807, 2.05) is 5.51 Å². The van der Waals surface area contributed by atoms with Crippen LogP contribution in [0.1, 0.15) is 42.8 Å². The van der Waals surface area contributed by atoms with Crippen LogP contribution in [-0.4, -0.2) is 11.5 Å². The van der Waals surface area contributed by atoms with Crippen molar-refractivity contribution >= 4 is 11.3 Å². The molecule has 0 aliphatic heterocycles. The van der Waals surface area contributed by atoms with E-state index < -0.39 is 0 Å². The molecule has 0 aromatic carbocycles. The Morgan fingerprint density at radius 1 is 1.60 bits per heavy atom.